The van der Waals surface area contributed by atoms with Crippen LogP contribution < -0.4 is 5.32 Å². The summed E-state index contributed by atoms with van der Waals surface area (Å²) in [6, 6.07) is 12.0. The van der Waals surface area contributed by atoms with E-state index in [0.29, 0.717) is 17.4 Å². The molecule has 4 heteroatoms. The Morgan fingerprint density at radius 1 is 1.20 bits per heavy atom. The van der Waals surface area contributed by atoms with Gasteiger partial charge in [0.1, 0.15) is 0 Å². The molecular formula is C21H20ClNO2. The van der Waals surface area contributed by atoms with Crippen molar-refractivity contribution in [3.63, 3.8) is 0 Å². The van der Waals surface area contributed by atoms with Crippen molar-refractivity contribution >= 4 is 23.3 Å². The molecule has 2 aliphatic rings. The fraction of sp³-hybridized carbons (Fsp3) is 0.286. The second-order valence-corrected chi connectivity index (χ2v) is 7.13. The molecule has 1 heterocycles. The molecule has 0 bridgehead atoms. The predicted octanol–water partition coefficient (Wildman–Crippen LogP) is 5.26. The Morgan fingerprint density at radius 2 is 1.96 bits per heavy atom. The number of fused-ring (bicyclic) bond motifs is 3. The Morgan fingerprint density at radius 3 is 2.68 bits per heavy atom. The Hall–Kier alpha value is -2.26. The van der Waals surface area contributed by atoms with Crippen LogP contribution in [0.3, 0.4) is 0 Å². The zero-order valence-electron chi connectivity index (χ0n) is 14.3. The molecule has 1 aliphatic carbocycles. The molecule has 0 aromatic heterocycles. The molecule has 0 unspecified atom stereocenters. The Balaban J connectivity index is 1.73. The molecule has 1 N–H and O–H groups in total. The van der Waals surface area contributed by atoms with E-state index in [-0.39, 0.29) is 12.0 Å². The summed E-state index contributed by atoms with van der Waals surface area (Å²) < 4.78 is 4.79. The number of allylic oxidation sites excluding steroid dienone is 2. The molecule has 0 saturated heterocycles. The fourth-order valence-electron chi connectivity index (χ4n) is 4.06. The van der Waals surface area contributed by atoms with Crippen molar-refractivity contribution in [2.45, 2.75) is 25.3 Å². The number of carbonyl (C=O) groups excluding carboxylic acids is 1. The summed E-state index contributed by atoms with van der Waals surface area (Å²) in [5.41, 5.74) is 5.30. The first-order valence-corrected chi connectivity index (χ1v) is 8.88. The molecule has 3 nitrogen and oxygen atoms in total. The third-order valence-corrected chi connectivity index (χ3v) is 5.83. The van der Waals surface area contributed by atoms with E-state index in [4.69, 9.17) is 16.3 Å². The lowest BCUT2D eigenvalue weighted by atomic mass is 9.76. The average Bonchev–Trinajstić information content (AvgIpc) is 3.13. The van der Waals surface area contributed by atoms with Gasteiger partial charge in [-0.25, -0.2) is 4.79 Å². The average molecular weight is 354 g/mol. The van der Waals surface area contributed by atoms with Gasteiger partial charge in [-0.2, -0.15) is 0 Å². The van der Waals surface area contributed by atoms with Crippen molar-refractivity contribution in [1.82, 2.24) is 0 Å². The van der Waals surface area contributed by atoms with Gasteiger partial charge in [0.25, 0.3) is 0 Å². The lowest BCUT2D eigenvalue weighted by molar-refractivity contribution is 0.0600. The van der Waals surface area contributed by atoms with Gasteiger partial charge in [-0.05, 0) is 54.2 Å². The number of rotatable bonds is 2. The minimum Gasteiger partial charge on any atom is -0.465 e. The summed E-state index contributed by atoms with van der Waals surface area (Å²) in [5, 5.41) is 4.50. The Bertz CT molecular complexity index is 857. The number of hydrogen-bond acceptors (Lipinski definition) is 3. The van der Waals surface area contributed by atoms with Crippen LogP contribution in [0, 0.1) is 12.8 Å². The first-order chi connectivity index (χ1) is 12.1. The number of ether oxygens (including phenoxy) is 1. The summed E-state index contributed by atoms with van der Waals surface area (Å²) in [4.78, 5) is 11.7. The van der Waals surface area contributed by atoms with Crippen LogP contribution in [0.5, 0.6) is 0 Å². The quantitative estimate of drug-likeness (QED) is 0.591. The molecular weight excluding hydrogens is 334 g/mol. The molecule has 0 spiro atoms. The third-order valence-electron chi connectivity index (χ3n) is 5.42. The van der Waals surface area contributed by atoms with E-state index < -0.39 is 0 Å². The number of anilines is 1. The first kappa shape index (κ1) is 16.2. The van der Waals surface area contributed by atoms with Crippen LogP contribution in [0.2, 0.25) is 5.02 Å². The molecule has 0 saturated carbocycles. The molecule has 0 amide bonds. The number of methoxy groups -OCH3 is 1. The van der Waals surface area contributed by atoms with E-state index in [9.17, 15) is 4.79 Å². The smallest absolute Gasteiger partial charge is 0.337 e. The van der Waals surface area contributed by atoms with Gasteiger partial charge < -0.3 is 10.1 Å². The Kier molecular flexibility index (Phi) is 4.04. The van der Waals surface area contributed by atoms with Gasteiger partial charge in [-0.15, -0.1) is 0 Å². The van der Waals surface area contributed by atoms with Crippen molar-refractivity contribution in [2.24, 2.45) is 5.92 Å². The van der Waals surface area contributed by atoms with E-state index in [1.54, 1.807) is 0 Å². The zero-order valence-corrected chi connectivity index (χ0v) is 15.0. The maximum Gasteiger partial charge on any atom is 0.337 e. The van der Waals surface area contributed by atoms with Crippen LogP contribution in [-0.2, 0) is 4.74 Å². The maximum atomic E-state index is 11.7. The van der Waals surface area contributed by atoms with E-state index in [2.05, 4.69) is 30.5 Å². The molecule has 2 aromatic carbocycles. The van der Waals surface area contributed by atoms with Gasteiger partial charge in [-0.1, -0.05) is 42.0 Å². The van der Waals surface area contributed by atoms with Gasteiger partial charge in [0.15, 0.2) is 0 Å². The van der Waals surface area contributed by atoms with Crippen molar-refractivity contribution in [1.29, 1.82) is 0 Å². The summed E-state index contributed by atoms with van der Waals surface area (Å²) in [6.07, 6.45) is 5.63. The number of halogens is 1. The highest BCUT2D eigenvalue weighted by molar-refractivity contribution is 6.31. The highest BCUT2D eigenvalue weighted by Crippen LogP contribution is 2.51. The van der Waals surface area contributed by atoms with Crippen LogP contribution in [0.25, 0.3) is 0 Å². The van der Waals surface area contributed by atoms with Crippen LogP contribution in [0.15, 0.2) is 48.6 Å². The largest absolute Gasteiger partial charge is 0.465 e. The molecule has 0 radical (unpaired) electrons. The van der Waals surface area contributed by atoms with Crippen LogP contribution >= 0.6 is 11.6 Å². The monoisotopic (exact) mass is 353 g/mol. The number of nitrogens with one attached hydrogen (secondary N) is 1. The lowest BCUT2D eigenvalue weighted by Crippen LogP contribution is -2.29. The molecule has 2 aromatic rings. The number of benzene rings is 2. The van der Waals surface area contributed by atoms with E-state index in [0.717, 1.165) is 22.7 Å². The van der Waals surface area contributed by atoms with E-state index in [1.165, 1.54) is 18.2 Å². The summed E-state index contributed by atoms with van der Waals surface area (Å²) in [5.74, 6) is 0.561. The van der Waals surface area contributed by atoms with Crippen LogP contribution in [-0.4, -0.2) is 13.1 Å². The third kappa shape index (κ3) is 2.63. The fourth-order valence-corrected chi connectivity index (χ4v) is 4.22. The SMILES string of the molecule is COC(=O)c1ccc([C@@H]2Nc3c(ccc(Cl)c3C)[C@@H]3C=CC[C@@H]32)cc1. The topological polar surface area (TPSA) is 38.3 Å². The van der Waals surface area contributed by atoms with E-state index >= 15 is 0 Å². The molecule has 4 rings (SSSR count). The minimum absolute atomic E-state index is 0.191. The van der Waals surface area contributed by atoms with Crippen molar-refractivity contribution in [3.8, 4) is 0 Å². The van der Waals surface area contributed by atoms with Crippen molar-refractivity contribution < 1.29 is 9.53 Å². The standard InChI is InChI=1S/C21H20ClNO2/c1-12-18(22)11-10-17-15-4-3-5-16(15)20(23-19(12)17)13-6-8-14(9-7-13)21(24)25-2/h3-4,6-11,15-16,20,23H,5H2,1-2H3/t15-,16+,20+/m1/s1. The second kappa shape index (κ2) is 6.23. The van der Waals surface area contributed by atoms with Crippen LogP contribution in [0.1, 0.15) is 45.4 Å². The molecule has 0 fully saturated rings. The maximum absolute atomic E-state index is 11.7. The normalized spacial score (nSPS) is 23.6. The van der Waals surface area contributed by atoms with Crippen LogP contribution in [0.4, 0.5) is 5.69 Å². The van der Waals surface area contributed by atoms with Gasteiger partial charge >= 0.3 is 5.97 Å². The zero-order chi connectivity index (χ0) is 17.6. The second-order valence-electron chi connectivity index (χ2n) is 6.73. The molecule has 3 atom stereocenters. The van der Waals surface area contributed by atoms with Gasteiger partial charge in [0, 0.05) is 16.6 Å². The Labute approximate surface area is 152 Å². The van der Waals surface area contributed by atoms with Gasteiger partial charge in [-0.3, -0.25) is 0 Å². The van der Waals surface area contributed by atoms with Crippen molar-refractivity contribution in [3.05, 3.63) is 75.8 Å². The molecule has 128 valence electrons. The molecule has 1 aliphatic heterocycles. The van der Waals surface area contributed by atoms with Crippen molar-refractivity contribution in [2.75, 3.05) is 12.4 Å². The van der Waals surface area contributed by atoms with Gasteiger partial charge in [0.05, 0.1) is 18.7 Å². The predicted molar refractivity (Wildman–Crippen MR) is 100 cm³/mol. The molecule has 25 heavy (non-hydrogen) atoms. The highest BCUT2D eigenvalue weighted by Gasteiger charge is 2.38. The minimum atomic E-state index is -0.309. The highest BCUT2D eigenvalue weighted by atomic mass is 35.5. The van der Waals surface area contributed by atoms with E-state index in [1.807, 2.05) is 30.3 Å². The van der Waals surface area contributed by atoms with Gasteiger partial charge in [0.2, 0.25) is 0 Å². The summed E-state index contributed by atoms with van der Waals surface area (Å²) in [6.45, 7) is 2.06. The number of esters is 1. The number of carbonyl (C=O) groups is 1. The first-order valence-electron chi connectivity index (χ1n) is 8.50. The number of hydrogen-bond donors (Lipinski definition) is 1. The summed E-state index contributed by atoms with van der Waals surface area (Å²) >= 11 is 6.34. The lowest BCUT2D eigenvalue weighted by Gasteiger charge is -2.38. The summed E-state index contributed by atoms with van der Waals surface area (Å²) in [7, 11) is 1.40.